The van der Waals surface area contributed by atoms with Crippen LogP contribution in [-0.2, 0) is 20.7 Å². The lowest BCUT2D eigenvalue weighted by Crippen LogP contribution is -2.33. The van der Waals surface area contributed by atoms with E-state index in [0.29, 0.717) is 19.6 Å². The third-order valence-corrected chi connectivity index (χ3v) is 4.00. The Morgan fingerprint density at radius 3 is 2.41 bits per heavy atom. The van der Waals surface area contributed by atoms with Gasteiger partial charge in [-0.25, -0.2) is 4.39 Å². The SMILES string of the molecule is CCOC(=O)CCN(CCc1ccc(F)cc1)C(=O)/C=C/c1ccccc1. The number of carbonyl (C=O) groups excluding carboxylic acids is 2. The van der Waals surface area contributed by atoms with Crippen molar-refractivity contribution in [3.63, 3.8) is 0 Å². The third kappa shape index (κ3) is 7.44. The van der Waals surface area contributed by atoms with Gasteiger partial charge in [0, 0.05) is 19.2 Å². The molecular weight excluding hydrogens is 345 g/mol. The second-order valence-corrected chi connectivity index (χ2v) is 6.00. The maximum Gasteiger partial charge on any atom is 0.307 e. The van der Waals surface area contributed by atoms with Gasteiger partial charge in [0.15, 0.2) is 0 Å². The summed E-state index contributed by atoms with van der Waals surface area (Å²) in [5, 5.41) is 0. The van der Waals surface area contributed by atoms with Crippen LogP contribution in [0.2, 0.25) is 0 Å². The molecule has 0 saturated carbocycles. The van der Waals surface area contributed by atoms with Crippen LogP contribution in [0.3, 0.4) is 0 Å². The zero-order valence-electron chi connectivity index (χ0n) is 15.4. The fourth-order valence-electron chi connectivity index (χ4n) is 2.54. The number of rotatable bonds is 9. The average molecular weight is 369 g/mol. The molecule has 142 valence electrons. The fourth-order valence-corrected chi connectivity index (χ4v) is 2.54. The van der Waals surface area contributed by atoms with Gasteiger partial charge < -0.3 is 9.64 Å². The van der Waals surface area contributed by atoms with Gasteiger partial charge in [-0.05, 0) is 42.7 Å². The normalized spacial score (nSPS) is 10.7. The maximum atomic E-state index is 13.0. The lowest BCUT2D eigenvalue weighted by Gasteiger charge is -2.21. The number of hydrogen-bond acceptors (Lipinski definition) is 3. The van der Waals surface area contributed by atoms with Crippen LogP contribution in [0, 0.1) is 5.82 Å². The van der Waals surface area contributed by atoms with E-state index < -0.39 is 0 Å². The highest BCUT2D eigenvalue weighted by Crippen LogP contribution is 2.07. The summed E-state index contributed by atoms with van der Waals surface area (Å²) in [5.41, 5.74) is 1.85. The van der Waals surface area contributed by atoms with Gasteiger partial charge in [0.25, 0.3) is 0 Å². The summed E-state index contributed by atoms with van der Waals surface area (Å²) in [5.74, 6) is -0.797. The Bertz CT molecular complexity index is 757. The lowest BCUT2D eigenvalue weighted by molar-refractivity contribution is -0.143. The summed E-state index contributed by atoms with van der Waals surface area (Å²) < 4.78 is 18.0. The largest absolute Gasteiger partial charge is 0.466 e. The summed E-state index contributed by atoms with van der Waals surface area (Å²) >= 11 is 0. The van der Waals surface area contributed by atoms with Crippen molar-refractivity contribution in [3.05, 3.63) is 77.6 Å². The molecule has 1 amide bonds. The van der Waals surface area contributed by atoms with E-state index in [1.165, 1.54) is 18.2 Å². The molecule has 0 spiro atoms. The predicted octanol–water partition coefficient (Wildman–Crippen LogP) is 3.86. The molecule has 0 fully saturated rings. The zero-order valence-corrected chi connectivity index (χ0v) is 15.4. The van der Waals surface area contributed by atoms with Crippen LogP contribution in [0.15, 0.2) is 60.7 Å². The molecule has 4 nitrogen and oxygen atoms in total. The van der Waals surface area contributed by atoms with Gasteiger partial charge in [0.1, 0.15) is 5.82 Å². The van der Waals surface area contributed by atoms with Crippen molar-refractivity contribution in [1.29, 1.82) is 0 Å². The first-order valence-corrected chi connectivity index (χ1v) is 9.00. The third-order valence-electron chi connectivity index (χ3n) is 4.00. The van der Waals surface area contributed by atoms with E-state index in [1.807, 2.05) is 30.3 Å². The van der Waals surface area contributed by atoms with Gasteiger partial charge >= 0.3 is 5.97 Å². The number of hydrogen-bond donors (Lipinski definition) is 0. The van der Waals surface area contributed by atoms with Crippen molar-refractivity contribution in [2.45, 2.75) is 19.8 Å². The van der Waals surface area contributed by atoms with E-state index in [9.17, 15) is 14.0 Å². The molecule has 2 aromatic carbocycles. The van der Waals surface area contributed by atoms with Gasteiger partial charge in [0.2, 0.25) is 5.91 Å². The second-order valence-electron chi connectivity index (χ2n) is 6.00. The van der Waals surface area contributed by atoms with Crippen LogP contribution in [0.5, 0.6) is 0 Å². The minimum absolute atomic E-state index is 0.141. The molecule has 0 atom stereocenters. The van der Waals surface area contributed by atoms with E-state index >= 15 is 0 Å². The Morgan fingerprint density at radius 2 is 1.74 bits per heavy atom. The molecule has 0 radical (unpaired) electrons. The molecule has 0 heterocycles. The van der Waals surface area contributed by atoms with Crippen LogP contribution in [0.25, 0.3) is 6.08 Å². The minimum atomic E-state index is -0.330. The Morgan fingerprint density at radius 1 is 1.04 bits per heavy atom. The molecule has 27 heavy (non-hydrogen) atoms. The topological polar surface area (TPSA) is 46.6 Å². The number of amides is 1. The predicted molar refractivity (Wildman–Crippen MR) is 103 cm³/mol. The fraction of sp³-hybridized carbons (Fsp3) is 0.273. The summed E-state index contributed by atoms with van der Waals surface area (Å²) in [6, 6.07) is 15.7. The first-order chi connectivity index (χ1) is 13.1. The van der Waals surface area contributed by atoms with Crippen molar-refractivity contribution >= 4 is 18.0 Å². The van der Waals surface area contributed by atoms with E-state index in [0.717, 1.165) is 11.1 Å². The Hall–Kier alpha value is -2.95. The summed E-state index contributed by atoms with van der Waals surface area (Å²) in [7, 11) is 0. The number of halogens is 1. The van der Waals surface area contributed by atoms with Gasteiger partial charge in [0.05, 0.1) is 13.0 Å². The lowest BCUT2D eigenvalue weighted by atomic mass is 10.1. The highest BCUT2D eigenvalue weighted by atomic mass is 19.1. The Labute approximate surface area is 159 Å². The van der Waals surface area contributed by atoms with E-state index in [4.69, 9.17) is 4.74 Å². The first-order valence-electron chi connectivity index (χ1n) is 9.00. The van der Waals surface area contributed by atoms with Crippen LogP contribution in [-0.4, -0.2) is 36.5 Å². The van der Waals surface area contributed by atoms with E-state index in [-0.39, 0.29) is 30.7 Å². The minimum Gasteiger partial charge on any atom is -0.466 e. The summed E-state index contributed by atoms with van der Waals surface area (Å²) in [6.07, 6.45) is 3.97. The first kappa shape index (κ1) is 20.4. The van der Waals surface area contributed by atoms with Gasteiger partial charge in [-0.1, -0.05) is 42.5 Å². The number of nitrogens with zero attached hydrogens (tertiary/aromatic N) is 1. The molecule has 0 aliphatic carbocycles. The molecule has 0 aliphatic rings. The summed E-state index contributed by atoms with van der Waals surface area (Å²) in [6.45, 7) is 2.77. The molecule has 0 saturated heterocycles. The average Bonchev–Trinajstić information content (AvgIpc) is 2.68. The standard InChI is InChI=1S/C22H24FNO3/c1-2-27-22(26)15-17-24(16-14-19-8-11-20(23)12-9-19)21(25)13-10-18-6-4-3-5-7-18/h3-13H,2,14-17H2,1H3/b13-10+. The molecule has 2 rings (SSSR count). The van der Waals surface area contributed by atoms with Crippen molar-refractivity contribution in [3.8, 4) is 0 Å². The number of benzene rings is 2. The molecule has 0 bridgehead atoms. The van der Waals surface area contributed by atoms with Crippen LogP contribution in [0.1, 0.15) is 24.5 Å². The van der Waals surface area contributed by atoms with Crippen LogP contribution in [0.4, 0.5) is 4.39 Å². The van der Waals surface area contributed by atoms with Crippen molar-refractivity contribution in [1.82, 2.24) is 4.90 Å². The quantitative estimate of drug-likeness (QED) is 0.498. The molecule has 0 N–H and O–H groups in total. The van der Waals surface area contributed by atoms with Gasteiger partial charge in [-0.3, -0.25) is 9.59 Å². The Balaban J connectivity index is 2.00. The van der Waals surface area contributed by atoms with Crippen molar-refractivity contribution < 1.29 is 18.7 Å². The van der Waals surface area contributed by atoms with Crippen LogP contribution < -0.4 is 0 Å². The zero-order chi connectivity index (χ0) is 19.5. The number of ether oxygens (including phenoxy) is 1. The van der Waals surface area contributed by atoms with Gasteiger partial charge in [-0.2, -0.15) is 0 Å². The second kappa shape index (κ2) is 10.9. The highest BCUT2D eigenvalue weighted by Gasteiger charge is 2.13. The highest BCUT2D eigenvalue weighted by molar-refractivity contribution is 5.92. The molecule has 0 aromatic heterocycles. The van der Waals surface area contributed by atoms with E-state index in [2.05, 4.69) is 0 Å². The van der Waals surface area contributed by atoms with Crippen LogP contribution >= 0.6 is 0 Å². The number of carbonyl (C=O) groups is 2. The van der Waals surface area contributed by atoms with Crippen molar-refractivity contribution in [2.24, 2.45) is 0 Å². The molecular formula is C22H24FNO3. The Kier molecular flexibility index (Phi) is 8.23. The molecule has 0 aliphatic heterocycles. The molecule has 2 aromatic rings. The smallest absolute Gasteiger partial charge is 0.307 e. The van der Waals surface area contributed by atoms with Crippen molar-refractivity contribution in [2.75, 3.05) is 19.7 Å². The molecule has 0 unspecified atom stereocenters. The summed E-state index contributed by atoms with van der Waals surface area (Å²) in [4.78, 5) is 25.8. The monoisotopic (exact) mass is 369 g/mol. The maximum absolute atomic E-state index is 13.0. The van der Waals surface area contributed by atoms with E-state index in [1.54, 1.807) is 30.0 Å². The van der Waals surface area contributed by atoms with Gasteiger partial charge in [-0.15, -0.1) is 0 Å². The number of esters is 1. The molecule has 5 heteroatoms.